The van der Waals surface area contributed by atoms with E-state index in [1.165, 1.54) is 50.2 Å². The first-order valence-electron chi connectivity index (χ1n) is 8.65. The summed E-state index contributed by atoms with van der Waals surface area (Å²) in [5.41, 5.74) is 6.20. The van der Waals surface area contributed by atoms with Crippen molar-refractivity contribution in [2.24, 2.45) is 5.73 Å². The van der Waals surface area contributed by atoms with Crippen LogP contribution >= 0.6 is 11.6 Å². The van der Waals surface area contributed by atoms with Crippen LogP contribution < -0.4 is 16.4 Å². The van der Waals surface area contributed by atoms with Crippen LogP contribution in [0.2, 0.25) is 5.02 Å². The zero-order valence-corrected chi connectivity index (χ0v) is 16.5. The van der Waals surface area contributed by atoms with Crippen LogP contribution in [0.25, 0.3) is 0 Å². The summed E-state index contributed by atoms with van der Waals surface area (Å²) >= 11 is 5.77. The van der Waals surface area contributed by atoms with Gasteiger partial charge >= 0.3 is 5.97 Å². The van der Waals surface area contributed by atoms with Crippen molar-refractivity contribution in [2.45, 2.75) is 26.0 Å². The maximum Gasteiger partial charge on any atom is 0.329 e. The number of primary amides is 1. The molecule has 0 saturated heterocycles. The Morgan fingerprint density at radius 2 is 1.48 bits per heavy atom. The summed E-state index contributed by atoms with van der Waals surface area (Å²) < 4.78 is 5.10. The van der Waals surface area contributed by atoms with Gasteiger partial charge in [0.05, 0.1) is 0 Å². The number of hydrogen-bond acceptors (Lipinski definition) is 5. The van der Waals surface area contributed by atoms with E-state index in [1.807, 2.05) is 0 Å². The third-order valence-electron chi connectivity index (χ3n) is 3.91. The molecule has 0 saturated carbocycles. The van der Waals surface area contributed by atoms with Crippen LogP contribution in [0.4, 0.5) is 5.69 Å². The Labute approximate surface area is 172 Å². The second kappa shape index (κ2) is 9.70. The molecule has 8 nitrogen and oxygen atoms in total. The molecular weight excluding hydrogens is 398 g/mol. The van der Waals surface area contributed by atoms with E-state index in [0.717, 1.165) is 0 Å². The summed E-state index contributed by atoms with van der Waals surface area (Å²) in [6.07, 6.45) is -1.10. The van der Waals surface area contributed by atoms with Crippen LogP contribution in [0.5, 0.6) is 0 Å². The van der Waals surface area contributed by atoms with Crippen molar-refractivity contribution in [1.82, 2.24) is 5.32 Å². The first kappa shape index (κ1) is 21.9. The van der Waals surface area contributed by atoms with E-state index in [-0.39, 0.29) is 0 Å². The number of carbonyl (C=O) groups is 4. The largest absolute Gasteiger partial charge is 0.451 e. The number of amides is 3. The lowest BCUT2D eigenvalue weighted by atomic mass is 10.2. The van der Waals surface area contributed by atoms with Crippen molar-refractivity contribution in [3.8, 4) is 0 Å². The second-order valence-corrected chi connectivity index (χ2v) is 6.65. The van der Waals surface area contributed by atoms with E-state index in [1.54, 1.807) is 12.1 Å². The van der Waals surface area contributed by atoms with Crippen molar-refractivity contribution in [1.29, 1.82) is 0 Å². The molecule has 0 bridgehead atoms. The highest BCUT2D eigenvalue weighted by molar-refractivity contribution is 6.30. The van der Waals surface area contributed by atoms with Crippen LogP contribution in [0.3, 0.4) is 0 Å². The predicted octanol–water partition coefficient (Wildman–Crippen LogP) is 2.13. The Morgan fingerprint density at radius 1 is 0.931 bits per heavy atom. The number of hydrogen-bond donors (Lipinski definition) is 3. The Bertz CT molecular complexity index is 913. The van der Waals surface area contributed by atoms with Crippen molar-refractivity contribution in [3.63, 3.8) is 0 Å². The highest BCUT2D eigenvalue weighted by atomic mass is 35.5. The molecule has 2 aromatic carbocycles. The third-order valence-corrected chi connectivity index (χ3v) is 4.16. The molecule has 0 fully saturated rings. The topological polar surface area (TPSA) is 128 Å². The SMILES string of the molecule is C[C@H](NC(=O)c1ccc(Cl)cc1)C(=O)O[C@H](C)C(=O)Nc1ccc(C(N)=O)cc1. The van der Waals surface area contributed by atoms with Gasteiger partial charge in [0.2, 0.25) is 5.91 Å². The van der Waals surface area contributed by atoms with Gasteiger partial charge in [0.15, 0.2) is 6.10 Å². The predicted molar refractivity (Wildman–Crippen MR) is 108 cm³/mol. The molecule has 0 heterocycles. The first-order chi connectivity index (χ1) is 13.7. The highest BCUT2D eigenvalue weighted by Gasteiger charge is 2.23. The average molecular weight is 418 g/mol. The van der Waals surface area contributed by atoms with E-state index in [4.69, 9.17) is 22.1 Å². The minimum atomic E-state index is -1.10. The molecule has 9 heteroatoms. The van der Waals surface area contributed by atoms with Gasteiger partial charge in [-0.1, -0.05) is 11.6 Å². The van der Waals surface area contributed by atoms with Crippen molar-refractivity contribution < 1.29 is 23.9 Å². The number of ether oxygens (including phenoxy) is 1. The summed E-state index contributed by atoms with van der Waals surface area (Å²) in [6, 6.07) is 11.1. The molecule has 0 aromatic heterocycles. The number of nitrogens with one attached hydrogen (secondary N) is 2. The Balaban J connectivity index is 1.87. The molecule has 0 aliphatic heterocycles. The highest BCUT2D eigenvalue weighted by Crippen LogP contribution is 2.11. The van der Waals surface area contributed by atoms with Gasteiger partial charge in [0, 0.05) is 21.8 Å². The molecule has 152 valence electrons. The Morgan fingerprint density at radius 3 is 2.03 bits per heavy atom. The zero-order valence-electron chi connectivity index (χ0n) is 15.8. The molecule has 4 N–H and O–H groups in total. The van der Waals surface area contributed by atoms with Crippen LogP contribution in [0.15, 0.2) is 48.5 Å². The zero-order chi connectivity index (χ0) is 21.6. The summed E-state index contributed by atoms with van der Waals surface area (Å²) in [5.74, 6) is -2.39. The molecule has 0 aliphatic rings. The number of rotatable bonds is 7. The minimum absolute atomic E-state index is 0.299. The van der Waals surface area contributed by atoms with E-state index < -0.39 is 35.8 Å². The average Bonchev–Trinajstić information content (AvgIpc) is 2.68. The fourth-order valence-electron chi connectivity index (χ4n) is 2.23. The van der Waals surface area contributed by atoms with Crippen LogP contribution in [-0.2, 0) is 14.3 Å². The Hall–Kier alpha value is -3.39. The molecule has 0 spiro atoms. The smallest absolute Gasteiger partial charge is 0.329 e. The molecule has 2 atom stereocenters. The van der Waals surface area contributed by atoms with Gasteiger partial charge < -0.3 is 21.1 Å². The number of nitrogens with two attached hydrogens (primary N) is 1. The molecule has 3 amide bonds. The number of halogens is 1. The van der Waals surface area contributed by atoms with Gasteiger partial charge in [-0.15, -0.1) is 0 Å². The monoisotopic (exact) mass is 417 g/mol. The lowest BCUT2D eigenvalue weighted by Crippen LogP contribution is -2.42. The van der Waals surface area contributed by atoms with E-state index in [0.29, 0.717) is 21.8 Å². The van der Waals surface area contributed by atoms with E-state index >= 15 is 0 Å². The molecule has 0 radical (unpaired) electrons. The van der Waals surface area contributed by atoms with E-state index in [2.05, 4.69) is 10.6 Å². The van der Waals surface area contributed by atoms with Gasteiger partial charge in [-0.05, 0) is 62.4 Å². The summed E-state index contributed by atoms with van der Waals surface area (Å²) in [5, 5.41) is 5.53. The summed E-state index contributed by atoms with van der Waals surface area (Å²) in [7, 11) is 0. The number of anilines is 1. The minimum Gasteiger partial charge on any atom is -0.451 e. The molecule has 29 heavy (non-hydrogen) atoms. The standard InChI is InChI=1S/C20H20ClN3O5/c1-11(23-19(27)14-3-7-15(21)8-4-14)20(28)29-12(2)18(26)24-16-9-5-13(6-10-16)17(22)25/h3-12H,1-2H3,(H2,22,25)(H,23,27)(H,24,26)/t11-,12+/m0/s1. The molecule has 0 unspecified atom stereocenters. The number of esters is 1. The molecule has 2 rings (SSSR count). The van der Waals surface area contributed by atoms with Gasteiger partial charge in [-0.2, -0.15) is 0 Å². The second-order valence-electron chi connectivity index (χ2n) is 6.21. The van der Waals surface area contributed by atoms with Gasteiger partial charge in [0.25, 0.3) is 11.8 Å². The fraction of sp³-hybridized carbons (Fsp3) is 0.200. The van der Waals surface area contributed by atoms with Gasteiger partial charge in [-0.3, -0.25) is 14.4 Å². The number of carbonyl (C=O) groups excluding carboxylic acids is 4. The molecular formula is C20H20ClN3O5. The summed E-state index contributed by atoms with van der Waals surface area (Å²) in [6.45, 7) is 2.85. The van der Waals surface area contributed by atoms with Crippen LogP contribution in [0, 0.1) is 0 Å². The molecule has 2 aromatic rings. The quantitative estimate of drug-likeness (QED) is 0.594. The maximum atomic E-state index is 12.2. The van der Waals surface area contributed by atoms with Crippen molar-refractivity contribution in [3.05, 3.63) is 64.7 Å². The first-order valence-corrected chi connectivity index (χ1v) is 9.03. The fourth-order valence-corrected chi connectivity index (χ4v) is 2.36. The van der Waals surface area contributed by atoms with Crippen molar-refractivity contribution in [2.75, 3.05) is 5.32 Å². The van der Waals surface area contributed by atoms with E-state index in [9.17, 15) is 19.2 Å². The van der Waals surface area contributed by atoms with Crippen LogP contribution in [-0.4, -0.2) is 35.8 Å². The Kier molecular flexibility index (Phi) is 7.33. The van der Waals surface area contributed by atoms with Gasteiger partial charge in [-0.25, -0.2) is 4.79 Å². The summed E-state index contributed by atoms with van der Waals surface area (Å²) in [4.78, 5) is 47.5. The van der Waals surface area contributed by atoms with Gasteiger partial charge in [0.1, 0.15) is 6.04 Å². The number of benzene rings is 2. The third kappa shape index (κ3) is 6.32. The molecule has 0 aliphatic carbocycles. The van der Waals surface area contributed by atoms with Crippen molar-refractivity contribution >= 4 is 41.0 Å². The normalized spacial score (nSPS) is 12.4. The van der Waals surface area contributed by atoms with Crippen LogP contribution in [0.1, 0.15) is 34.6 Å². The maximum absolute atomic E-state index is 12.2. The lowest BCUT2D eigenvalue weighted by Gasteiger charge is -2.17. The lowest BCUT2D eigenvalue weighted by molar-refractivity contribution is -0.154.